The molecule has 0 aliphatic carbocycles. The summed E-state index contributed by atoms with van der Waals surface area (Å²) in [6.07, 6.45) is 2.38. The van der Waals surface area contributed by atoms with Crippen molar-refractivity contribution in [1.82, 2.24) is 9.80 Å². The maximum Gasteiger partial charge on any atom is 0.225 e. The van der Waals surface area contributed by atoms with Gasteiger partial charge in [-0.2, -0.15) is 0 Å². The summed E-state index contributed by atoms with van der Waals surface area (Å²) in [6.45, 7) is 6.06. The molecule has 0 radical (unpaired) electrons. The van der Waals surface area contributed by atoms with E-state index in [-0.39, 0.29) is 24.3 Å². The Morgan fingerprint density at radius 1 is 1.28 bits per heavy atom. The molecule has 0 atom stereocenters. The third kappa shape index (κ3) is 3.98. The second-order valence-electron chi connectivity index (χ2n) is 4.83. The standard InChI is InChI=1S/C13H24N2O3/c1-3-6-15(9-10-16)13(18)12-4-7-14(8-5-12)11(2)17/h12,16H,3-10H2,1-2H3. The van der Waals surface area contributed by atoms with Crippen LogP contribution >= 0.6 is 0 Å². The van der Waals surface area contributed by atoms with Crippen molar-refractivity contribution >= 4 is 11.8 Å². The van der Waals surface area contributed by atoms with Gasteiger partial charge in [0.15, 0.2) is 0 Å². The van der Waals surface area contributed by atoms with E-state index in [1.165, 1.54) is 0 Å². The number of carbonyl (C=O) groups is 2. The molecule has 1 aliphatic heterocycles. The molecule has 0 unspecified atom stereocenters. The molecule has 0 aromatic heterocycles. The van der Waals surface area contributed by atoms with E-state index in [0.29, 0.717) is 26.2 Å². The number of aliphatic hydroxyl groups is 1. The third-order valence-electron chi connectivity index (χ3n) is 3.46. The molecule has 1 aliphatic rings. The van der Waals surface area contributed by atoms with Gasteiger partial charge in [0, 0.05) is 39.0 Å². The molecule has 0 saturated carbocycles. The Kier molecular flexibility index (Phi) is 6.12. The van der Waals surface area contributed by atoms with Crippen LogP contribution in [-0.4, -0.2) is 59.5 Å². The van der Waals surface area contributed by atoms with Crippen LogP contribution in [0.5, 0.6) is 0 Å². The zero-order valence-electron chi connectivity index (χ0n) is 11.4. The number of piperidine rings is 1. The molecule has 1 saturated heterocycles. The van der Waals surface area contributed by atoms with Crippen LogP contribution in [0.1, 0.15) is 33.1 Å². The quantitative estimate of drug-likeness (QED) is 0.778. The molecule has 5 heteroatoms. The zero-order valence-corrected chi connectivity index (χ0v) is 11.4. The van der Waals surface area contributed by atoms with Crippen molar-refractivity contribution in [3.8, 4) is 0 Å². The average molecular weight is 256 g/mol. The van der Waals surface area contributed by atoms with Gasteiger partial charge in [-0.15, -0.1) is 0 Å². The monoisotopic (exact) mass is 256 g/mol. The van der Waals surface area contributed by atoms with E-state index in [2.05, 4.69) is 0 Å². The van der Waals surface area contributed by atoms with E-state index in [9.17, 15) is 9.59 Å². The second kappa shape index (κ2) is 7.36. The molecule has 0 bridgehead atoms. The van der Waals surface area contributed by atoms with Crippen molar-refractivity contribution in [2.24, 2.45) is 5.92 Å². The Morgan fingerprint density at radius 2 is 1.89 bits per heavy atom. The highest BCUT2D eigenvalue weighted by Gasteiger charge is 2.28. The van der Waals surface area contributed by atoms with Gasteiger partial charge in [0.25, 0.3) is 0 Å². The van der Waals surface area contributed by atoms with Crippen molar-refractivity contribution in [2.45, 2.75) is 33.1 Å². The lowest BCUT2D eigenvalue weighted by Crippen LogP contribution is -2.44. The van der Waals surface area contributed by atoms with Gasteiger partial charge in [-0.25, -0.2) is 0 Å². The van der Waals surface area contributed by atoms with E-state index in [0.717, 1.165) is 19.3 Å². The Morgan fingerprint density at radius 3 is 2.33 bits per heavy atom. The molecule has 1 N–H and O–H groups in total. The second-order valence-corrected chi connectivity index (χ2v) is 4.83. The summed E-state index contributed by atoms with van der Waals surface area (Å²) in [7, 11) is 0. The minimum Gasteiger partial charge on any atom is -0.395 e. The molecule has 1 heterocycles. The Hall–Kier alpha value is -1.10. The maximum absolute atomic E-state index is 12.3. The first-order valence-corrected chi connectivity index (χ1v) is 6.75. The fourth-order valence-corrected chi connectivity index (χ4v) is 2.42. The number of likely N-dealkylation sites (tertiary alicyclic amines) is 1. The van der Waals surface area contributed by atoms with Crippen LogP contribution in [0.2, 0.25) is 0 Å². The lowest BCUT2D eigenvalue weighted by molar-refractivity contribution is -0.140. The fourth-order valence-electron chi connectivity index (χ4n) is 2.42. The topological polar surface area (TPSA) is 60.9 Å². The SMILES string of the molecule is CCCN(CCO)C(=O)C1CCN(C(C)=O)CC1. The summed E-state index contributed by atoms with van der Waals surface area (Å²) in [6, 6.07) is 0. The molecular formula is C13H24N2O3. The average Bonchev–Trinajstić information content (AvgIpc) is 2.38. The molecule has 5 nitrogen and oxygen atoms in total. The van der Waals surface area contributed by atoms with Gasteiger partial charge in [0.05, 0.1) is 6.61 Å². The van der Waals surface area contributed by atoms with Crippen molar-refractivity contribution in [2.75, 3.05) is 32.8 Å². The summed E-state index contributed by atoms with van der Waals surface area (Å²) < 4.78 is 0. The normalized spacial score (nSPS) is 16.7. The fraction of sp³-hybridized carbons (Fsp3) is 0.846. The largest absolute Gasteiger partial charge is 0.395 e. The van der Waals surface area contributed by atoms with Crippen LogP contribution in [0.4, 0.5) is 0 Å². The Balaban J connectivity index is 2.49. The molecule has 1 rings (SSSR count). The van der Waals surface area contributed by atoms with Gasteiger partial charge < -0.3 is 14.9 Å². The van der Waals surface area contributed by atoms with Crippen LogP contribution in [-0.2, 0) is 9.59 Å². The van der Waals surface area contributed by atoms with E-state index in [1.807, 2.05) is 6.92 Å². The number of amides is 2. The minimum absolute atomic E-state index is 0.0119. The Bertz CT molecular complexity index is 280. The van der Waals surface area contributed by atoms with Gasteiger partial charge in [0.2, 0.25) is 11.8 Å². The van der Waals surface area contributed by atoms with E-state index >= 15 is 0 Å². The number of hydrogen-bond donors (Lipinski definition) is 1. The predicted molar refractivity (Wildman–Crippen MR) is 68.9 cm³/mol. The Labute approximate surface area is 109 Å². The molecule has 18 heavy (non-hydrogen) atoms. The summed E-state index contributed by atoms with van der Waals surface area (Å²) in [5, 5.41) is 8.98. The highest BCUT2D eigenvalue weighted by Crippen LogP contribution is 2.19. The lowest BCUT2D eigenvalue weighted by atomic mass is 9.95. The molecule has 0 spiro atoms. The lowest BCUT2D eigenvalue weighted by Gasteiger charge is -2.33. The van der Waals surface area contributed by atoms with Crippen LogP contribution < -0.4 is 0 Å². The van der Waals surface area contributed by atoms with Gasteiger partial charge in [0.1, 0.15) is 0 Å². The minimum atomic E-state index is 0.0119. The number of carbonyl (C=O) groups excluding carboxylic acids is 2. The van der Waals surface area contributed by atoms with Crippen molar-refractivity contribution < 1.29 is 14.7 Å². The number of rotatable bonds is 5. The third-order valence-corrected chi connectivity index (χ3v) is 3.46. The van der Waals surface area contributed by atoms with Gasteiger partial charge in [-0.1, -0.05) is 6.92 Å². The summed E-state index contributed by atoms with van der Waals surface area (Å²) in [4.78, 5) is 27.0. The van der Waals surface area contributed by atoms with Crippen molar-refractivity contribution in [1.29, 1.82) is 0 Å². The van der Waals surface area contributed by atoms with Crippen molar-refractivity contribution in [3.63, 3.8) is 0 Å². The maximum atomic E-state index is 12.3. The number of nitrogens with zero attached hydrogens (tertiary/aromatic N) is 2. The summed E-state index contributed by atoms with van der Waals surface area (Å²) in [5.74, 6) is 0.231. The summed E-state index contributed by atoms with van der Waals surface area (Å²) >= 11 is 0. The van der Waals surface area contributed by atoms with E-state index in [4.69, 9.17) is 5.11 Å². The first-order valence-electron chi connectivity index (χ1n) is 6.75. The molecule has 0 aromatic rings. The van der Waals surface area contributed by atoms with Crippen LogP contribution in [0.15, 0.2) is 0 Å². The van der Waals surface area contributed by atoms with E-state index in [1.54, 1.807) is 16.7 Å². The van der Waals surface area contributed by atoms with Crippen LogP contribution in [0, 0.1) is 5.92 Å². The molecule has 2 amide bonds. The van der Waals surface area contributed by atoms with Crippen LogP contribution in [0.25, 0.3) is 0 Å². The zero-order chi connectivity index (χ0) is 13.5. The highest BCUT2D eigenvalue weighted by atomic mass is 16.3. The molecule has 0 aromatic carbocycles. The first kappa shape index (κ1) is 15.0. The molecular weight excluding hydrogens is 232 g/mol. The van der Waals surface area contributed by atoms with Crippen LogP contribution in [0.3, 0.4) is 0 Å². The van der Waals surface area contributed by atoms with E-state index < -0.39 is 0 Å². The number of aliphatic hydroxyl groups excluding tert-OH is 1. The molecule has 104 valence electrons. The van der Waals surface area contributed by atoms with Crippen molar-refractivity contribution in [3.05, 3.63) is 0 Å². The van der Waals surface area contributed by atoms with Gasteiger partial charge in [-0.05, 0) is 19.3 Å². The van der Waals surface area contributed by atoms with Gasteiger partial charge >= 0.3 is 0 Å². The number of hydrogen-bond acceptors (Lipinski definition) is 3. The summed E-state index contributed by atoms with van der Waals surface area (Å²) in [5.41, 5.74) is 0. The smallest absolute Gasteiger partial charge is 0.225 e. The van der Waals surface area contributed by atoms with Gasteiger partial charge in [-0.3, -0.25) is 9.59 Å². The predicted octanol–water partition coefficient (Wildman–Crippen LogP) is 0.476. The highest BCUT2D eigenvalue weighted by molar-refractivity contribution is 5.79. The molecule has 1 fully saturated rings. The first-order chi connectivity index (χ1) is 8.60.